The number of hydrogen-bond acceptors (Lipinski definition) is 2. The van der Waals surface area contributed by atoms with Crippen molar-refractivity contribution in [1.82, 2.24) is 0 Å². The highest BCUT2D eigenvalue weighted by molar-refractivity contribution is 5.22. The molecule has 0 unspecified atom stereocenters. The van der Waals surface area contributed by atoms with E-state index in [2.05, 4.69) is 18.3 Å². The second kappa shape index (κ2) is 27.7. The number of rotatable bonds is 4. The first-order chi connectivity index (χ1) is 14.1. The second-order valence-corrected chi connectivity index (χ2v) is 5.03. The summed E-state index contributed by atoms with van der Waals surface area (Å²) < 4.78 is 6.22. The first kappa shape index (κ1) is 31.2. The summed E-state index contributed by atoms with van der Waals surface area (Å²) >= 11 is 0. The number of hydrogen-bond donors (Lipinski definition) is 2. The molecule has 0 aliphatic heterocycles. The highest BCUT2D eigenvalue weighted by Crippen LogP contribution is 2.06. The molecule has 0 spiro atoms. The van der Waals surface area contributed by atoms with Crippen LogP contribution in [0.15, 0.2) is 48.5 Å². The van der Waals surface area contributed by atoms with E-state index < -0.39 is 0 Å². The van der Waals surface area contributed by atoms with Crippen LogP contribution < -0.4 is 0 Å². The maximum atomic E-state index is 8.77. The Morgan fingerprint density at radius 2 is 1.14 bits per heavy atom. The van der Waals surface area contributed by atoms with Gasteiger partial charge in [-0.2, -0.15) is 0 Å². The molecular weight excluding hydrogens is 356 g/mol. The van der Waals surface area contributed by atoms with E-state index in [1.54, 1.807) is 0 Å². The van der Waals surface area contributed by atoms with Crippen LogP contribution in [-0.4, -0.2) is 10.2 Å². The fraction of sp³-hybridized carbons (Fsp3) is 0.407. The lowest BCUT2D eigenvalue weighted by Crippen LogP contribution is -1.86. The molecule has 2 aromatic carbocycles. The van der Waals surface area contributed by atoms with Gasteiger partial charge in [-0.3, -0.25) is 0 Å². The van der Waals surface area contributed by atoms with Crippen molar-refractivity contribution in [3.05, 3.63) is 70.8 Å². The van der Waals surface area contributed by atoms with Crippen LogP contribution in [0.3, 0.4) is 0 Å². The van der Waals surface area contributed by atoms with Gasteiger partial charge in [0, 0.05) is 7.79 Å². The van der Waals surface area contributed by atoms with E-state index in [4.69, 9.17) is 18.0 Å². The third kappa shape index (κ3) is 21.6. The van der Waals surface area contributed by atoms with E-state index >= 15 is 0 Å². The van der Waals surface area contributed by atoms with Gasteiger partial charge in [0.1, 0.15) is 0 Å². The van der Waals surface area contributed by atoms with Crippen molar-refractivity contribution in [3.63, 3.8) is 0 Å². The molecule has 0 amide bonds. The lowest BCUT2D eigenvalue weighted by atomic mass is 10.1. The molecule has 0 saturated carbocycles. The second-order valence-electron chi connectivity index (χ2n) is 5.03. The molecule has 0 fully saturated rings. The molecule has 0 saturated heterocycles. The van der Waals surface area contributed by atoms with E-state index in [1.165, 1.54) is 11.1 Å². The Morgan fingerprint density at radius 3 is 1.45 bits per heavy atom. The monoisotopic (exact) mass is 399 g/mol. The SMILES string of the molecule is C.C#CCCc1ccc(CO)cc1.CC.CC.Cc1ccc(CO)cc1.[2H]CC#C. The van der Waals surface area contributed by atoms with Gasteiger partial charge >= 0.3 is 0 Å². The maximum Gasteiger partial charge on any atom is 0.0681 e. The van der Waals surface area contributed by atoms with E-state index in [9.17, 15) is 0 Å². The minimum Gasteiger partial charge on any atom is -0.392 e. The summed E-state index contributed by atoms with van der Waals surface area (Å²) in [4.78, 5) is 0. The third-order valence-electron chi connectivity index (χ3n) is 3.07. The van der Waals surface area contributed by atoms with Crippen LogP contribution in [0.25, 0.3) is 0 Å². The van der Waals surface area contributed by atoms with Gasteiger partial charge in [-0.05, 0) is 36.9 Å². The summed E-state index contributed by atoms with van der Waals surface area (Å²) in [6, 6.07) is 15.7. The van der Waals surface area contributed by atoms with E-state index in [0.29, 0.717) is 0 Å². The van der Waals surface area contributed by atoms with E-state index in [-0.39, 0.29) is 27.5 Å². The maximum absolute atomic E-state index is 8.77. The van der Waals surface area contributed by atoms with Crippen LogP contribution in [0.4, 0.5) is 0 Å². The van der Waals surface area contributed by atoms with Gasteiger partial charge in [0.15, 0.2) is 0 Å². The zero-order chi connectivity index (χ0) is 22.9. The summed E-state index contributed by atoms with van der Waals surface area (Å²) in [6.07, 6.45) is 11.4. The molecule has 29 heavy (non-hydrogen) atoms. The normalized spacial score (nSPS) is 7.97. The van der Waals surface area contributed by atoms with Crippen molar-refractivity contribution >= 4 is 0 Å². The number of aryl methyl sites for hydroxylation is 2. The number of aliphatic hydroxyl groups is 2. The molecule has 2 rings (SSSR count). The molecule has 0 aromatic heterocycles. The zero-order valence-corrected chi connectivity index (χ0v) is 18.2. The van der Waals surface area contributed by atoms with Crippen LogP contribution >= 0.6 is 0 Å². The van der Waals surface area contributed by atoms with E-state index in [0.717, 1.165) is 24.0 Å². The van der Waals surface area contributed by atoms with Crippen molar-refractivity contribution in [2.24, 2.45) is 0 Å². The Hall–Kier alpha value is -2.52. The topological polar surface area (TPSA) is 40.5 Å². The highest BCUT2D eigenvalue weighted by atomic mass is 16.3. The standard InChI is InChI=1S/C11H12O.C8H10O.C3H4.2C2H6.CH4/c1-2-3-4-10-5-7-11(9-12)8-6-10;1-7-2-4-8(6-9)5-3-7;1-3-2;2*1-2;/h1,5-8,12H,3-4,9H2;2-5,9H,6H2,1H3;1H,2H3;2*1-2H3;1H4/i;;2D;;;. The number of terminal acetylenes is 2. The largest absolute Gasteiger partial charge is 0.392 e. The predicted octanol–water partition coefficient (Wildman–Crippen LogP) is 6.56. The molecule has 2 N–H and O–H groups in total. The smallest absolute Gasteiger partial charge is 0.0681 e. The first-order valence-electron chi connectivity index (χ1n) is 10.3. The molecule has 0 heterocycles. The van der Waals surface area contributed by atoms with Crippen LogP contribution in [0.1, 0.15) is 72.1 Å². The zero-order valence-electron chi connectivity index (χ0n) is 19.2. The fourth-order valence-electron chi connectivity index (χ4n) is 1.72. The molecule has 0 bridgehead atoms. The van der Waals surface area contributed by atoms with Gasteiger partial charge < -0.3 is 10.2 Å². The minimum atomic E-state index is 0. The molecule has 0 atom stereocenters. The Labute approximate surface area is 182 Å². The molecule has 0 aliphatic carbocycles. The number of benzene rings is 2. The number of aliphatic hydroxyl groups excluding tert-OH is 2. The van der Waals surface area contributed by atoms with Crippen LogP contribution in [-0.2, 0) is 19.6 Å². The average Bonchev–Trinajstić information content (AvgIpc) is 2.81. The minimum absolute atomic E-state index is 0. The van der Waals surface area contributed by atoms with Crippen molar-refractivity contribution < 1.29 is 11.6 Å². The Balaban J connectivity index is -0.000000167. The first-order valence-corrected chi connectivity index (χ1v) is 9.62. The average molecular weight is 400 g/mol. The Kier molecular flexibility index (Phi) is 29.8. The molecule has 0 radical (unpaired) electrons. The molecule has 162 valence electrons. The third-order valence-corrected chi connectivity index (χ3v) is 3.07. The molecule has 2 aromatic rings. The molecule has 0 aliphatic rings. The lowest BCUT2D eigenvalue weighted by Gasteiger charge is -1.98. The summed E-state index contributed by atoms with van der Waals surface area (Å²) in [7, 11) is 0. The van der Waals surface area contributed by atoms with Crippen molar-refractivity contribution in [2.75, 3.05) is 0 Å². The molecule has 2 heteroatoms. The van der Waals surface area contributed by atoms with Gasteiger partial charge in [-0.1, -0.05) is 89.2 Å². The Bertz CT molecular complexity index is 647. The fourth-order valence-corrected chi connectivity index (χ4v) is 1.72. The van der Waals surface area contributed by atoms with Crippen LogP contribution in [0.5, 0.6) is 0 Å². The van der Waals surface area contributed by atoms with Gasteiger partial charge in [0.2, 0.25) is 0 Å². The summed E-state index contributed by atoms with van der Waals surface area (Å²) in [5.74, 6) is 4.69. The molecular formula is C27H42O2. The Morgan fingerprint density at radius 1 is 0.793 bits per heavy atom. The van der Waals surface area contributed by atoms with Crippen molar-refractivity contribution in [2.45, 2.75) is 75.0 Å². The lowest BCUT2D eigenvalue weighted by molar-refractivity contribution is 0.281. The summed E-state index contributed by atoms with van der Waals surface area (Å²) in [5.41, 5.74) is 4.37. The quantitative estimate of drug-likeness (QED) is 0.572. The summed E-state index contributed by atoms with van der Waals surface area (Å²) in [5, 5.41) is 17.4. The van der Waals surface area contributed by atoms with Gasteiger partial charge in [-0.15, -0.1) is 24.7 Å². The van der Waals surface area contributed by atoms with Crippen molar-refractivity contribution in [1.29, 1.82) is 0 Å². The highest BCUT2D eigenvalue weighted by Gasteiger charge is 1.92. The van der Waals surface area contributed by atoms with Crippen LogP contribution in [0, 0.1) is 31.6 Å². The van der Waals surface area contributed by atoms with E-state index in [1.807, 2.05) is 83.1 Å². The van der Waals surface area contributed by atoms with Gasteiger partial charge in [-0.25, -0.2) is 0 Å². The van der Waals surface area contributed by atoms with Gasteiger partial charge in [0.05, 0.1) is 13.2 Å². The summed E-state index contributed by atoms with van der Waals surface area (Å²) in [6.45, 7) is 10.4. The van der Waals surface area contributed by atoms with Crippen LogP contribution in [0.2, 0.25) is 0 Å². The van der Waals surface area contributed by atoms with Crippen molar-refractivity contribution in [3.8, 4) is 24.7 Å². The molecule has 2 nitrogen and oxygen atoms in total. The predicted molar refractivity (Wildman–Crippen MR) is 131 cm³/mol. The van der Waals surface area contributed by atoms with Gasteiger partial charge in [0.25, 0.3) is 0 Å².